The van der Waals surface area contributed by atoms with Crippen LogP contribution in [0, 0.1) is 0 Å². The van der Waals surface area contributed by atoms with E-state index in [2.05, 4.69) is 24.1 Å². The number of methoxy groups -OCH3 is 1. The molecule has 0 aromatic heterocycles. The molecule has 22 heavy (non-hydrogen) atoms. The molecule has 2 fully saturated rings. The average molecular weight is 304 g/mol. The lowest BCUT2D eigenvalue weighted by Crippen LogP contribution is -2.41. The lowest BCUT2D eigenvalue weighted by molar-refractivity contribution is 0.129. The van der Waals surface area contributed by atoms with Gasteiger partial charge < -0.3 is 15.2 Å². The molecule has 122 valence electrons. The Morgan fingerprint density at radius 3 is 2.55 bits per heavy atom. The molecule has 1 aromatic carbocycles. The van der Waals surface area contributed by atoms with Gasteiger partial charge in [-0.15, -0.1) is 0 Å². The summed E-state index contributed by atoms with van der Waals surface area (Å²) >= 11 is 0. The first kappa shape index (κ1) is 15.8. The highest BCUT2D eigenvalue weighted by molar-refractivity contribution is 5.29. The Bertz CT molecular complexity index is 486. The molecule has 3 rings (SSSR count). The summed E-state index contributed by atoms with van der Waals surface area (Å²) in [6, 6.07) is 9.70. The molecule has 0 radical (unpaired) electrons. The van der Waals surface area contributed by atoms with Crippen LogP contribution >= 0.6 is 0 Å². The van der Waals surface area contributed by atoms with Crippen molar-refractivity contribution in [1.82, 2.24) is 10.2 Å². The molecular weight excluding hydrogens is 276 g/mol. The Balaban J connectivity index is 1.55. The summed E-state index contributed by atoms with van der Waals surface area (Å²) in [5.74, 6) is 0.821. The van der Waals surface area contributed by atoms with E-state index >= 15 is 0 Å². The standard InChI is InChI=1S/C18H28N2O2/c1-12-10-15(11-20(12)16-6-7-16)19-13(2)18(21)14-4-8-17(22-3)9-5-14/h4-5,8-9,12-13,15-16,18-19,21H,6-7,10-11H2,1-3H3. The Morgan fingerprint density at radius 2 is 1.95 bits per heavy atom. The second kappa shape index (κ2) is 6.57. The van der Waals surface area contributed by atoms with Gasteiger partial charge in [0.15, 0.2) is 0 Å². The highest BCUT2D eigenvalue weighted by Gasteiger charge is 2.39. The van der Waals surface area contributed by atoms with E-state index in [0.29, 0.717) is 12.1 Å². The second-order valence-electron chi connectivity index (χ2n) is 6.88. The third-order valence-corrected chi connectivity index (χ3v) is 5.07. The Labute approximate surface area is 133 Å². The molecule has 1 saturated carbocycles. The zero-order valence-electron chi connectivity index (χ0n) is 13.8. The fourth-order valence-corrected chi connectivity index (χ4v) is 3.64. The minimum Gasteiger partial charge on any atom is -0.497 e. The topological polar surface area (TPSA) is 44.7 Å². The maximum atomic E-state index is 10.5. The maximum absolute atomic E-state index is 10.5. The van der Waals surface area contributed by atoms with Gasteiger partial charge in [0, 0.05) is 30.7 Å². The normalized spacial score (nSPS) is 28.5. The average Bonchev–Trinajstić information content (AvgIpc) is 3.30. The summed E-state index contributed by atoms with van der Waals surface area (Å²) in [7, 11) is 1.66. The van der Waals surface area contributed by atoms with Gasteiger partial charge in [-0.3, -0.25) is 4.90 Å². The Hall–Kier alpha value is -1.10. The first-order chi connectivity index (χ1) is 10.6. The number of aliphatic hydroxyl groups is 1. The molecule has 0 amide bonds. The van der Waals surface area contributed by atoms with Crippen LogP contribution in [0.4, 0.5) is 0 Å². The number of nitrogens with zero attached hydrogens (tertiary/aromatic N) is 1. The number of likely N-dealkylation sites (tertiary alicyclic amines) is 1. The number of nitrogens with one attached hydrogen (secondary N) is 1. The molecule has 4 atom stereocenters. The van der Waals surface area contributed by atoms with Crippen molar-refractivity contribution < 1.29 is 9.84 Å². The molecular formula is C18H28N2O2. The van der Waals surface area contributed by atoms with Crippen molar-refractivity contribution in [2.75, 3.05) is 13.7 Å². The third kappa shape index (κ3) is 3.45. The fraction of sp³-hybridized carbons (Fsp3) is 0.667. The van der Waals surface area contributed by atoms with E-state index in [1.54, 1.807) is 7.11 Å². The van der Waals surface area contributed by atoms with Gasteiger partial charge in [-0.05, 0) is 50.8 Å². The molecule has 1 heterocycles. The number of hydrogen-bond acceptors (Lipinski definition) is 4. The molecule has 4 heteroatoms. The molecule has 2 N–H and O–H groups in total. The van der Waals surface area contributed by atoms with Crippen molar-refractivity contribution in [2.24, 2.45) is 0 Å². The van der Waals surface area contributed by atoms with Gasteiger partial charge in [0.05, 0.1) is 13.2 Å². The number of aliphatic hydroxyl groups excluding tert-OH is 1. The number of ether oxygens (including phenoxy) is 1. The highest BCUT2D eigenvalue weighted by atomic mass is 16.5. The summed E-state index contributed by atoms with van der Waals surface area (Å²) in [5.41, 5.74) is 0.936. The fourth-order valence-electron chi connectivity index (χ4n) is 3.64. The maximum Gasteiger partial charge on any atom is 0.118 e. The summed E-state index contributed by atoms with van der Waals surface area (Å²) in [5, 5.41) is 14.2. The van der Waals surface area contributed by atoms with Crippen LogP contribution < -0.4 is 10.1 Å². The number of hydrogen-bond donors (Lipinski definition) is 2. The molecule has 1 aliphatic carbocycles. The van der Waals surface area contributed by atoms with Crippen LogP contribution in [0.3, 0.4) is 0 Å². The van der Waals surface area contributed by atoms with Crippen LogP contribution in [0.2, 0.25) is 0 Å². The first-order valence-electron chi connectivity index (χ1n) is 8.42. The van der Waals surface area contributed by atoms with Crippen LogP contribution in [-0.2, 0) is 0 Å². The Morgan fingerprint density at radius 1 is 1.27 bits per heavy atom. The lowest BCUT2D eigenvalue weighted by atomic mass is 10.0. The summed E-state index contributed by atoms with van der Waals surface area (Å²) < 4.78 is 5.17. The minimum absolute atomic E-state index is 0.0461. The van der Waals surface area contributed by atoms with Crippen LogP contribution in [0.5, 0.6) is 5.75 Å². The zero-order valence-corrected chi connectivity index (χ0v) is 13.8. The predicted octanol–water partition coefficient (Wildman–Crippen LogP) is 2.33. The van der Waals surface area contributed by atoms with Gasteiger partial charge in [-0.25, -0.2) is 0 Å². The van der Waals surface area contributed by atoms with E-state index < -0.39 is 6.10 Å². The SMILES string of the molecule is COc1ccc(C(O)C(C)NC2CC(C)N(C3CC3)C2)cc1. The van der Waals surface area contributed by atoms with E-state index in [9.17, 15) is 5.11 Å². The summed E-state index contributed by atoms with van der Waals surface area (Å²) in [6.07, 6.45) is 3.41. The molecule has 1 aromatic rings. The quantitative estimate of drug-likeness (QED) is 0.847. The highest BCUT2D eigenvalue weighted by Crippen LogP contribution is 2.33. The molecule has 4 unspecified atom stereocenters. The van der Waals surface area contributed by atoms with Gasteiger partial charge in [0.1, 0.15) is 5.75 Å². The van der Waals surface area contributed by atoms with Crippen molar-refractivity contribution in [3.63, 3.8) is 0 Å². The molecule has 2 aliphatic rings. The predicted molar refractivity (Wildman–Crippen MR) is 88.1 cm³/mol. The molecule has 0 spiro atoms. The van der Waals surface area contributed by atoms with Crippen molar-refractivity contribution in [3.05, 3.63) is 29.8 Å². The molecule has 1 saturated heterocycles. The first-order valence-corrected chi connectivity index (χ1v) is 8.42. The minimum atomic E-state index is -0.490. The summed E-state index contributed by atoms with van der Waals surface area (Å²) in [4.78, 5) is 2.63. The third-order valence-electron chi connectivity index (χ3n) is 5.07. The smallest absolute Gasteiger partial charge is 0.118 e. The van der Waals surface area contributed by atoms with Gasteiger partial charge in [-0.1, -0.05) is 12.1 Å². The van der Waals surface area contributed by atoms with E-state index in [1.807, 2.05) is 24.3 Å². The zero-order chi connectivity index (χ0) is 15.7. The van der Waals surface area contributed by atoms with E-state index in [1.165, 1.54) is 19.3 Å². The van der Waals surface area contributed by atoms with Crippen molar-refractivity contribution >= 4 is 0 Å². The van der Waals surface area contributed by atoms with Gasteiger partial charge >= 0.3 is 0 Å². The van der Waals surface area contributed by atoms with Gasteiger partial charge in [0.25, 0.3) is 0 Å². The largest absolute Gasteiger partial charge is 0.497 e. The summed E-state index contributed by atoms with van der Waals surface area (Å²) in [6.45, 7) is 5.51. The number of rotatable bonds is 6. The van der Waals surface area contributed by atoms with Crippen molar-refractivity contribution in [1.29, 1.82) is 0 Å². The molecule has 4 nitrogen and oxygen atoms in total. The van der Waals surface area contributed by atoms with Crippen LogP contribution in [0.25, 0.3) is 0 Å². The van der Waals surface area contributed by atoms with Crippen molar-refractivity contribution in [2.45, 2.75) is 63.4 Å². The monoisotopic (exact) mass is 304 g/mol. The van der Waals surface area contributed by atoms with Crippen LogP contribution in [0.15, 0.2) is 24.3 Å². The molecule has 1 aliphatic heterocycles. The molecule has 0 bridgehead atoms. The van der Waals surface area contributed by atoms with Gasteiger partial charge in [-0.2, -0.15) is 0 Å². The van der Waals surface area contributed by atoms with E-state index in [4.69, 9.17) is 4.74 Å². The Kier molecular flexibility index (Phi) is 4.71. The van der Waals surface area contributed by atoms with Crippen LogP contribution in [0.1, 0.15) is 44.8 Å². The van der Waals surface area contributed by atoms with Crippen LogP contribution in [-0.4, -0.2) is 47.8 Å². The van der Waals surface area contributed by atoms with E-state index in [0.717, 1.165) is 23.9 Å². The lowest BCUT2D eigenvalue weighted by Gasteiger charge is -2.25. The number of benzene rings is 1. The van der Waals surface area contributed by atoms with Gasteiger partial charge in [0.2, 0.25) is 0 Å². The van der Waals surface area contributed by atoms with E-state index in [-0.39, 0.29) is 6.04 Å². The second-order valence-corrected chi connectivity index (χ2v) is 6.88. The van der Waals surface area contributed by atoms with Crippen molar-refractivity contribution in [3.8, 4) is 5.75 Å².